The Morgan fingerprint density at radius 1 is 0.708 bits per heavy atom. The molecule has 0 radical (unpaired) electrons. The Bertz CT molecular complexity index is 1850. The molecule has 3 aromatic rings. The van der Waals surface area contributed by atoms with E-state index in [-0.39, 0.29) is 21.9 Å². The van der Waals surface area contributed by atoms with E-state index in [1.807, 2.05) is 59.3 Å². The number of carbonyl (C=O) groups excluding carboxylic acids is 4. The van der Waals surface area contributed by atoms with Gasteiger partial charge in [-0.1, -0.05) is 36.4 Å². The summed E-state index contributed by atoms with van der Waals surface area (Å²) in [5, 5.41) is 18.0. The minimum absolute atomic E-state index is 0.171. The second-order valence-corrected chi connectivity index (χ2v) is 14.4. The summed E-state index contributed by atoms with van der Waals surface area (Å²) >= 11 is 5.33. The summed E-state index contributed by atoms with van der Waals surface area (Å²) in [4.78, 5) is 59.8. The molecule has 0 saturated carbocycles. The van der Waals surface area contributed by atoms with Gasteiger partial charge in [0.1, 0.15) is 0 Å². The van der Waals surface area contributed by atoms with E-state index < -0.39 is 23.8 Å². The molecule has 0 N–H and O–H groups in total. The molecule has 0 fully saturated rings. The highest BCUT2D eigenvalue weighted by Crippen LogP contribution is 2.42. The number of thiophene rings is 2. The molecular weight excluding hydrogens is 693 g/mol. The highest BCUT2D eigenvalue weighted by atomic mass is 32.2. The molecule has 0 saturated heterocycles. The third kappa shape index (κ3) is 6.31. The molecule has 7 rings (SSSR count). The van der Waals surface area contributed by atoms with Crippen molar-refractivity contribution in [1.82, 2.24) is 10.0 Å². The van der Waals surface area contributed by atoms with Crippen molar-refractivity contribution in [1.29, 1.82) is 0 Å². The van der Waals surface area contributed by atoms with E-state index in [1.54, 1.807) is 32.7 Å². The number of thioether (sulfide) groups is 2. The maximum atomic E-state index is 12.7. The zero-order valence-electron chi connectivity index (χ0n) is 25.3. The van der Waals surface area contributed by atoms with Crippen molar-refractivity contribution in [3.63, 3.8) is 0 Å². The monoisotopic (exact) mass is 716 g/mol. The van der Waals surface area contributed by atoms with Crippen LogP contribution in [0.25, 0.3) is 0 Å². The molecule has 12 nitrogen and oxygen atoms in total. The molecule has 1 aromatic carbocycles. The molecule has 242 valence electrons. The van der Waals surface area contributed by atoms with Gasteiger partial charge in [-0.15, -0.1) is 22.7 Å². The Labute approximate surface area is 290 Å². The van der Waals surface area contributed by atoms with E-state index in [2.05, 4.69) is 9.98 Å². The summed E-state index contributed by atoms with van der Waals surface area (Å²) in [7, 11) is 2.50. The van der Waals surface area contributed by atoms with Crippen LogP contribution in [0.15, 0.2) is 101 Å². The highest BCUT2D eigenvalue weighted by Gasteiger charge is 2.39. The maximum absolute atomic E-state index is 12.7. The smallest absolute Gasteiger partial charge is 0.331 e. The Hall–Kier alpha value is -4.64. The number of ether oxygens (including phenoxy) is 2. The average molecular weight is 717 g/mol. The van der Waals surface area contributed by atoms with Crippen LogP contribution in [-0.2, 0) is 28.7 Å². The molecule has 6 heterocycles. The number of benzene rings is 1. The molecule has 0 bridgehead atoms. The van der Waals surface area contributed by atoms with Gasteiger partial charge in [0.2, 0.25) is 0 Å². The van der Waals surface area contributed by atoms with Gasteiger partial charge < -0.3 is 9.47 Å². The molecule has 4 aliphatic rings. The fourth-order valence-corrected chi connectivity index (χ4v) is 8.53. The van der Waals surface area contributed by atoms with Gasteiger partial charge in [-0.3, -0.25) is 9.59 Å². The molecule has 16 heteroatoms. The van der Waals surface area contributed by atoms with E-state index in [9.17, 15) is 19.2 Å². The van der Waals surface area contributed by atoms with Crippen LogP contribution in [0, 0.1) is 0 Å². The average Bonchev–Trinajstić information content (AvgIpc) is 3.94. The van der Waals surface area contributed by atoms with Crippen LogP contribution in [-0.4, -0.2) is 69.7 Å². The predicted octanol–water partition coefficient (Wildman–Crippen LogP) is 5.48. The van der Waals surface area contributed by atoms with Crippen molar-refractivity contribution in [3.8, 4) is 0 Å². The van der Waals surface area contributed by atoms with Crippen LogP contribution in [0.5, 0.6) is 0 Å². The quantitative estimate of drug-likeness (QED) is 0.238. The van der Waals surface area contributed by atoms with Crippen LogP contribution in [0.2, 0.25) is 0 Å². The second kappa shape index (κ2) is 13.5. The molecule has 48 heavy (non-hydrogen) atoms. The van der Waals surface area contributed by atoms with Gasteiger partial charge in [0.15, 0.2) is 10.3 Å². The van der Waals surface area contributed by atoms with Crippen LogP contribution in [0.4, 0.5) is 0 Å². The number of methoxy groups -OCH3 is 2. The number of hydrazone groups is 2. The first-order chi connectivity index (χ1) is 23.3. The molecule has 2 atom stereocenters. The fraction of sp³-hybridized carbons (Fsp3) is 0.188. The van der Waals surface area contributed by atoms with Crippen molar-refractivity contribution in [2.75, 3.05) is 14.2 Å². The van der Waals surface area contributed by atoms with Crippen LogP contribution in [0.1, 0.15) is 45.8 Å². The van der Waals surface area contributed by atoms with Gasteiger partial charge >= 0.3 is 11.9 Å². The molecule has 0 aliphatic carbocycles. The minimum atomic E-state index is -0.632. The third-order valence-corrected chi connectivity index (χ3v) is 11.4. The van der Waals surface area contributed by atoms with Crippen molar-refractivity contribution in [2.45, 2.75) is 24.9 Å². The molecule has 2 aromatic heterocycles. The summed E-state index contributed by atoms with van der Waals surface area (Å²) in [6, 6.07) is 15.5. The fourth-order valence-electron chi connectivity index (χ4n) is 5.34. The summed E-state index contributed by atoms with van der Waals surface area (Å²) in [5.74, 6) is -2.30. The summed E-state index contributed by atoms with van der Waals surface area (Å²) in [6.45, 7) is 0. The second-order valence-electron chi connectivity index (χ2n) is 10.5. The van der Waals surface area contributed by atoms with Crippen molar-refractivity contribution < 1.29 is 28.7 Å². The van der Waals surface area contributed by atoms with Gasteiger partial charge in [0.05, 0.1) is 57.3 Å². The first-order valence-electron chi connectivity index (χ1n) is 14.4. The Balaban J connectivity index is 1.17. The Morgan fingerprint density at radius 3 is 1.48 bits per heavy atom. The summed E-state index contributed by atoms with van der Waals surface area (Å²) in [5.41, 5.74) is 3.64. The molecular formula is C32H24N6O6S4. The number of amidine groups is 2. The minimum Gasteiger partial charge on any atom is -0.466 e. The maximum Gasteiger partial charge on any atom is 0.331 e. The van der Waals surface area contributed by atoms with Crippen molar-refractivity contribution in [3.05, 3.63) is 102 Å². The topological polar surface area (TPSA) is 143 Å². The SMILES string of the molecule is COC(=O)/C=C1\SC(N2N=C(c3cccs3)CC2c2ccc(C3CC(c4cccs4)=NN3C3=NC(=O)/C(=C/C(=O)OC)S3)cc2)=NC1=O. The summed E-state index contributed by atoms with van der Waals surface area (Å²) in [6.07, 6.45) is 3.44. The van der Waals surface area contributed by atoms with Gasteiger partial charge in [0.25, 0.3) is 11.8 Å². The first kappa shape index (κ1) is 31.9. The van der Waals surface area contributed by atoms with Gasteiger partial charge in [-0.2, -0.15) is 20.2 Å². The van der Waals surface area contributed by atoms with Crippen molar-refractivity contribution in [2.24, 2.45) is 20.2 Å². The first-order valence-corrected chi connectivity index (χ1v) is 17.8. The number of aliphatic imine (C=N–C) groups is 2. The van der Waals surface area contributed by atoms with Crippen molar-refractivity contribution >= 4 is 91.7 Å². The highest BCUT2D eigenvalue weighted by molar-refractivity contribution is 8.18. The normalized spacial score (nSPS) is 22.4. The lowest BCUT2D eigenvalue weighted by Gasteiger charge is -2.25. The molecule has 0 spiro atoms. The lowest BCUT2D eigenvalue weighted by molar-refractivity contribution is -0.135. The number of amides is 2. The number of nitrogens with zero attached hydrogens (tertiary/aromatic N) is 6. The molecule has 2 amide bonds. The van der Waals surface area contributed by atoms with Crippen LogP contribution >= 0.6 is 46.2 Å². The third-order valence-electron chi connectivity index (χ3n) is 7.65. The number of esters is 2. The van der Waals surface area contributed by atoms with Gasteiger partial charge in [-0.05, 0) is 57.5 Å². The molecule has 2 unspecified atom stereocenters. The van der Waals surface area contributed by atoms with Gasteiger partial charge in [-0.25, -0.2) is 19.6 Å². The Morgan fingerprint density at radius 2 is 1.12 bits per heavy atom. The Kier molecular flexibility index (Phi) is 8.96. The molecule has 4 aliphatic heterocycles. The number of carbonyl (C=O) groups is 4. The lowest BCUT2D eigenvalue weighted by atomic mass is 9.96. The lowest BCUT2D eigenvalue weighted by Crippen LogP contribution is -2.25. The zero-order chi connectivity index (χ0) is 33.4. The largest absolute Gasteiger partial charge is 0.466 e. The van der Waals surface area contributed by atoms with Gasteiger partial charge in [0, 0.05) is 25.0 Å². The summed E-state index contributed by atoms with van der Waals surface area (Å²) < 4.78 is 9.40. The standard InChI is InChI=1S/C32H24N6O6S4/c1-43-27(39)15-25-29(41)33-31(47-25)37-21(13-19(35-37)23-5-3-11-45-23)17-7-9-18(10-8-17)22-14-20(24-6-4-12-46-24)36-38(22)32-34-30(42)26(48-32)16-28(40)44-2/h3-12,15-16,21-22H,13-14H2,1-2H3/b25-15-,26-16-. The number of hydrogen-bond donors (Lipinski definition) is 0. The predicted molar refractivity (Wildman–Crippen MR) is 187 cm³/mol. The number of rotatable bonds is 6. The van der Waals surface area contributed by atoms with Crippen LogP contribution in [0.3, 0.4) is 0 Å². The van der Waals surface area contributed by atoms with E-state index in [4.69, 9.17) is 19.7 Å². The zero-order valence-corrected chi connectivity index (χ0v) is 28.5. The van der Waals surface area contributed by atoms with E-state index >= 15 is 0 Å². The van der Waals surface area contributed by atoms with Crippen LogP contribution < -0.4 is 0 Å². The van der Waals surface area contributed by atoms with E-state index in [0.29, 0.717) is 23.2 Å². The van der Waals surface area contributed by atoms with E-state index in [0.717, 1.165) is 68.0 Å². The number of hydrogen-bond acceptors (Lipinski definition) is 14. The van der Waals surface area contributed by atoms with E-state index in [1.165, 1.54) is 14.2 Å².